The van der Waals surface area contributed by atoms with Gasteiger partial charge in [-0.2, -0.15) is 0 Å². The summed E-state index contributed by atoms with van der Waals surface area (Å²) in [6.07, 6.45) is 5.41. The minimum atomic E-state index is 0.0429. The summed E-state index contributed by atoms with van der Waals surface area (Å²) in [4.78, 5) is 27.1. The standard InChI is InChI=1S/C18H23N5O/c1-12-13(2)20-17(15-5-4-8-19-11-15)22-18(12)23-9-6-16(7-10-23)21-14(3)24/h4-5,8,11,16H,6-7,9-10H2,1-3H3,(H,21,24). The minimum absolute atomic E-state index is 0.0429. The van der Waals surface area contributed by atoms with E-state index < -0.39 is 0 Å². The number of pyridine rings is 1. The number of anilines is 1. The molecule has 1 N–H and O–H groups in total. The van der Waals surface area contributed by atoms with Crippen molar-refractivity contribution in [2.45, 2.75) is 39.7 Å². The molecule has 0 saturated carbocycles. The highest BCUT2D eigenvalue weighted by Crippen LogP contribution is 2.26. The first-order chi connectivity index (χ1) is 11.5. The Labute approximate surface area is 142 Å². The van der Waals surface area contributed by atoms with E-state index in [4.69, 9.17) is 4.98 Å². The van der Waals surface area contributed by atoms with Gasteiger partial charge in [0.1, 0.15) is 5.82 Å². The van der Waals surface area contributed by atoms with Crippen LogP contribution in [0.4, 0.5) is 5.82 Å². The highest BCUT2D eigenvalue weighted by atomic mass is 16.1. The number of nitrogens with zero attached hydrogens (tertiary/aromatic N) is 4. The molecule has 3 heterocycles. The first kappa shape index (κ1) is 16.4. The highest BCUT2D eigenvalue weighted by molar-refractivity contribution is 5.73. The average molecular weight is 325 g/mol. The van der Waals surface area contributed by atoms with Gasteiger partial charge in [-0.15, -0.1) is 0 Å². The third kappa shape index (κ3) is 3.53. The number of nitrogens with one attached hydrogen (secondary N) is 1. The Bertz CT molecular complexity index is 724. The smallest absolute Gasteiger partial charge is 0.217 e. The fourth-order valence-corrected chi connectivity index (χ4v) is 3.07. The maximum Gasteiger partial charge on any atom is 0.217 e. The Morgan fingerprint density at radius 3 is 2.62 bits per heavy atom. The van der Waals surface area contributed by atoms with Gasteiger partial charge >= 0.3 is 0 Å². The molecule has 126 valence electrons. The molecule has 0 bridgehead atoms. The predicted octanol–water partition coefficient (Wildman–Crippen LogP) is 2.26. The Hall–Kier alpha value is -2.50. The second kappa shape index (κ2) is 6.95. The van der Waals surface area contributed by atoms with Gasteiger partial charge < -0.3 is 10.2 Å². The van der Waals surface area contributed by atoms with Crippen LogP contribution < -0.4 is 10.2 Å². The van der Waals surface area contributed by atoms with Crippen LogP contribution in [0.15, 0.2) is 24.5 Å². The van der Waals surface area contributed by atoms with E-state index in [1.807, 2.05) is 19.1 Å². The van der Waals surface area contributed by atoms with Crippen molar-refractivity contribution < 1.29 is 4.79 Å². The maximum atomic E-state index is 11.2. The van der Waals surface area contributed by atoms with E-state index in [2.05, 4.69) is 27.1 Å². The van der Waals surface area contributed by atoms with Gasteiger partial charge in [0.2, 0.25) is 5.91 Å². The van der Waals surface area contributed by atoms with E-state index >= 15 is 0 Å². The van der Waals surface area contributed by atoms with Crippen molar-refractivity contribution in [3.63, 3.8) is 0 Å². The molecule has 3 rings (SSSR count). The molecule has 2 aromatic rings. The Morgan fingerprint density at radius 1 is 1.25 bits per heavy atom. The highest BCUT2D eigenvalue weighted by Gasteiger charge is 2.23. The zero-order chi connectivity index (χ0) is 17.1. The zero-order valence-corrected chi connectivity index (χ0v) is 14.4. The van der Waals surface area contributed by atoms with Crippen molar-refractivity contribution in [2.24, 2.45) is 0 Å². The largest absolute Gasteiger partial charge is 0.356 e. The molecule has 2 aromatic heterocycles. The summed E-state index contributed by atoms with van der Waals surface area (Å²) >= 11 is 0. The van der Waals surface area contributed by atoms with Crippen LogP contribution in [0.25, 0.3) is 11.4 Å². The SMILES string of the molecule is CC(=O)NC1CCN(c2nc(-c3cccnc3)nc(C)c2C)CC1. The number of carbonyl (C=O) groups is 1. The molecule has 1 aliphatic rings. The summed E-state index contributed by atoms with van der Waals surface area (Å²) < 4.78 is 0. The molecular formula is C18H23N5O. The summed E-state index contributed by atoms with van der Waals surface area (Å²) in [5, 5.41) is 3.01. The second-order valence-electron chi connectivity index (χ2n) is 6.28. The van der Waals surface area contributed by atoms with Gasteiger partial charge in [0.25, 0.3) is 0 Å². The number of carbonyl (C=O) groups excluding carboxylic acids is 1. The van der Waals surface area contributed by atoms with Crippen LogP contribution in [0.5, 0.6) is 0 Å². The molecule has 1 fully saturated rings. The molecule has 1 saturated heterocycles. The van der Waals surface area contributed by atoms with Crippen LogP contribution in [-0.2, 0) is 4.79 Å². The zero-order valence-electron chi connectivity index (χ0n) is 14.4. The molecule has 0 atom stereocenters. The lowest BCUT2D eigenvalue weighted by Gasteiger charge is -2.34. The van der Waals surface area contributed by atoms with Crippen molar-refractivity contribution in [3.05, 3.63) is 35.8 Å². The van der Waals surface area contributed by atoms with Gasteiger partial charge in [0, 0.05) is 55.3 Å². The van der Waals surface area contributed by atoms with Crippen LogP contribution in [0, 0.1) is 13.8 Å². The molecule has 0 aliphatic carbocycles. The van der Waals surface area contributed by atoms with E-state index in [9.17, 15) is 4.79 Å². The molecule has 0 aromatic carbocycles. The molecule has 0 radical (unpaired) electrons. The van der Waals surface area contributed by atoms with Crippen molar-refractivity contribution in [3.8, 4) is 11.4 Å². The van der Waals surface area contributed by atoms with Gasteiger partial charge in [-0.1, -0.05) is 0 Å². The first-order valence-corrected chi connectivity index (χ1v) is 8.32. The summed E-state index contributed by atoms with van der Waals surface area (Å²) in [5.74, 6) is 1.74. The molecule has 6 heteroatoms. The lowest BCUT2D eigenvalue weighted by Crippen LogP contribution is -2.44. The summed E-state index contributed by atoms with van der Waals surface area (Å²) in [5.41, 5.74) is 3.03. The molecule has 1 amide bonds. The van der Waals surface area contributed by atoms with Crippen molar-refractivity contribution >= 4 is 11.7 Å². The molecule has 1 aliphatic heterocycles. The van der Waals surface area contributed by atoms with E-state index in [-0.39, 0.29) is 11.9 Å². The predicted molar refractivity (Wildman–Crippen MR) is 93.8 cm³/mol. The van der Waals surface area contributed by atoms with Crippen molar-refractivity contribution in [1.82, 2.24) is 20.3 Å². The minimum Gasteiger partial charge on any atom is -0.356 e. The van der Waals surface area contributed by atoms with Crippen molar-refractivity contribution in [1.29, 1.82) is 0 Å². The monoisotopic (exact) mass is 325 g/mol. The lowest BCUT2D eigenvalue weighted by molar-refractivity contribution is -0.119. The fraction of sp³-hybridized carbons (Fsp3) is 0.444. The lowest BCUT2D eigenvalue weighted by atomic mass is 10.0. The number of amides is 1. The van der Waals surface area contributed by atoms with E-state index in [0.29, 0.717) is 5.82 Å². The summed E-state index contributed by atoms with van der Waals surface area (Å²) in [7, 11) is 0. The van der Waals surface area contributed by atoms with Gasteiger partial charge in [0.15, 0.2) is 5.82 Å². The van der Waals surface area contributed by atoms with Crippen LogP contribution in [0.1, 0.15) is 31.0 Å². The molecule has 0 unspecified atom stereocenters. The van der Waals surface area contributed by atoms with E-state index in [1.165, 1.54) is 0 Å². The number of aromatic nitrogens is 3. The van der Waals surface area contributed by atoms with Crippen molar-refractivity contribution in [2.75, 3.05) is 18.0 Å². The van der Waals surface area contributed by atoms with Crippen LogP contribution in [0.3, 0.4) is 0 Å². The number of piperidine rings is 1. The van der Waals surface area contributed by atoms with Gasteiger partial charge in [-0.05, 0) is 38.8 Å². The normalized spacial score (nSPS) is 15.4. The third-order valence-corrected chi connectivity index (χ3v) is 4.49. The van der Waals surface area contributed by atoms with Gasteiger partial charge in [0.05, 0.1) is 0 Å². The summed E-state index contributed by atoms with van der Waals surface area (Å²) in [6.45, 7) is 7.43. The number of hydrogen-bond donors (Lipinski definition) is 1. The van der Waals surface area contributed by atoms with Crippen LogP contribution in [-0.4, -0.2) is 40.0 Å². The molecule has 24 heavy (non-hydrogen) atoms. The van der Waals surface area contributed by atoms with E-state index in [0.717, 1.165) is 48.6 Å². The quantitative estimate of drug-likeness (QED) is 0.937. The maximum absolute atomic E-state index is 11.2. The number of hydrogen-bond acceptors (Lipinski definition) is 5. The van der Waals surface area contributed by atoms with Gasteiger partial charge in [-0.3, -0.25) is 9.78 Å². The van der Waals surface area contributed by atoms with Crippen LogP contribution in [0.2, 0.25) is 0 Å². The van der Waals surface area contributed by atoms with Crippen LogP contribution >= 0.6 is 0 Å². The Morgan fingerprint density at radius 2 is 2.00 bits per heavy atom. The third-order valence-electron chi connectivity index (χ3n) is 4.49. The summed E-state index contributed by atoms with van der Waals surface area (Å²) in [6, 6.07) is 4.14. The topological polar surface area (TPSA) is 71.0 Å². The van der Waals surface area contributed by atoms with Gasteiger partial charge in [-0.25, -0.2) is 9.97 Å². The molecular weight excluding hydrogens is 302 g/mol. The average Bonchev–Trinajstić information content (AvgIpc) is 2.58. The fourth-order valence-electron chi connectivity index (χ4n) is 3.07. The molecule has 6 nitrogen and oxygen atoms in total. The molecule has 0 spiro atoms. The Balaban J connectivity index is 1.83. The number of aryl methyl sites for hydroxylation is 1. The first-order valence-electron chi connectivity index (χ1n) is 8.32. The Kier molecular flexibility index (Phi) is 4.74. The second-order valence-corrected chi connectivity index (χ2v) is 6.28. The van der Waals surface area contributed by atoms with E-state index in [1.54, 1.807) is 19.3 Å². The number of rotatable bonds is 3.